The van der Waals surface area contributed by atoms with E-state index in [1.807, 2.05) is 18.2 Å². The smallest absolute Gasteiger partial charge is 0.337 e. The molecule has 1 aliphatic carbocycles. The van der Waals surface area contributed by atoms with Gasteiger partial charge in [0, 0.05) is 30.1 Å². The zero-order chi connectivity index (χ0) is 22.2. The summed E-state index contributed by atoms with van der Waals surface area (Å²) in [4.78, 5) is 40.3. The van der Waals surface area contributed by atoms with Crippen LogP contribution in [0.1, 0.15) is 55.0 Å². The van der Waals surface area contributed by atoms with E-state index in [0.29, 0.717) is 24.2 Å². The van der Waals surface area contributed by atoms with Gasteiger partial charge in [0.25, 0.3) is 5.91 Å². The highest BCUT2D eigenvalue weighted by molar-refractivity contribution is 6.11. The third-order valence-corrected chi connectivity index (χ3v) is 6.75. The lowest BCUT2D eigenvalue weighted by molar-refractivity contribution is 0.0600. The maximum atomic E-state index is 13.5. The fourth-order valence-electron chi connectivity index (χ4n) is 5.14. The van der Waals surface area contributed by atoms with Crippen LogP contribution in [0.15, 0.2) is 54.6 Å². The van der Waals surface area contributed by atoms with Gasteiger partial charge in [-0.2, -0.15) is 0 Å². The summed E-state index contributed by atoms with van der Waals surface area (Å²) in [5, 5.41) is 2.28. The molecule has 162 valence electrons. The number of aryl methyl sites for hydroxylation is 2. The molecule has 1 aliphatic heterocycles. The summed E-state index contributed by atoms with van der Waals surface area (Å²) in [6.07, 6.45) is 3.61. The predicted molar refractivity (Wildman–Crippen MR) is 122 cm³/mol. The number of piperidine rings is 1. The lowest BCUT2D eigenvalue weighted by Gasteiger charge is -2.32. The van der Waals surface area contributed by atoms with Crippen LogP contribution >= 0.6 is 0 Å². The maximum Gasteiger partial charge on any atom is 0.337 e. The predicted octanol–water partition coefficient (Wildman–Crippen LogP) is 4.46. The number of hydrogen-bond acceptors (Lipinski definition) is 4. The SMILES string of the molecule is COC(=O)c1cccc(C(=O)N2CCC[C@@H](C(=O)c3ccc4c5c(cccc35)CC4)C2)c1. The Morgan fingerprint density at radius 3 is 2.50 bits per heavy atom. The summed E-state index contributed by atoms with van der Waals surface area (Å²) in [5.41, 5.74) is 4.18. The molecule has 5 heteroatoms. The zero-order valence-corrected chi connectivity index (χ0v) is 18.1. The van der Waals surface area contributed by atoms with E-state index in [1.165, 1.54) is 23.6 Å². The van der Waals surface area contributed by atoms with Crippen LogP contribution in [0.25, 0.3) is 10.8 Å². The van der Waals surface area contributed by atoms with Crippen LogP contribution in [-0.2, 0) is 17.6 Å². The molecule has 0 aromatic heterocycles. The number of rotatable bonds is 4. The molecule has 0 saturated carbocycles. The van der Waals surface area contributed by atoms with Crippen molar-refractivity contribution in [1.82, 2.24) is 4.90 Å². The van der Waals surface area contributed by atoms with Gasteiger partial charge in [-0.05, 0) is 65.8 Å². The van der Waals surface area contributed by atoms with E-state index in [0.717, 1.165) is 36.6 Å². The molecule has 5 nitrogen and oxygen atoms in total. The van der Waals surface area contributed by atoms with Gasteiger partial charge in [0.1, 0.15) is 0 Å². The van der Waals surface area contributed by atoms with Crippen LogP contribution in [0.4, 0.5) is 0 Å². The Balaban J connectivity index is 1.39. The largest absolute Gasteiger partial charge is 0.465 e. The number of carbonyl (C=O) groups is 3. The van der Waals surface area contributed by atoms with E-state index in [1.54, 1.807) is 29.2 Å². The minimum atomic E-state index is -0.474. The monoisotopic (exact) mass is 427 g/mol. The lowest BCUT2D eigenvalue weighted by atomic mass is 9.87. The van der Waals surface area contributed by atoms with Crippen LogP contribution in [-0.4, -0.2) is 42.8 Å². The van der Waals surface area contributed by atoms with E-state index in [2.05, 4.69) is 12.1 Å². The van der Waals surface area contributed by atoms with Gasteiger partial charge >= 0.3 is 5.97 Å². The van der Waals surface area contributed by atoms with Crippen molar-refractivity contribution < 1.29 is 19.1 Å². The van der Waals surface area contributed by atoms with E-state index in [4.69, 9.17) is 4.74 Å². The molecule has 1 saturated heterocycles. The van der Waals surface area contributed by atoms with Crippen molar-refractivity contribution in [1.29, 1.82) is 0 Å². The molecular weight excluding hydrogens is 402 g/mol. The molecule has 3 aromatic rings. The van der Waals surface area contributed by atoms with Gasteiger partial charge in [-0.1, -0.05) is 36.4 Å². The highest BCUT2D eigenvalue weighted by Gasteiger charge is 2.31. The first-order valence-electron chi connectivity index (χ1n) is 11.1. The number of ether oxygens (including phenoxy) is 1. The van der Waals surface area contributed by atoms with Gasteiger partial charge in [0.05, 0.1) is 12.7 Å². The molecule has 32 heavy (non-hydrogen) atoms. The Morgan fingerprint density at radius 1 is 0.938 bits per heavy atom. The molecule has 0 bridgehead atoms. The average molecular weight is 428 g/mol. The Hall–Kier alpha value is -3.47. The number of esters is 1. The number of amides is 1. The molecule has 2 aliphatic rings. The Bertz CT molecular complexity index is 1240. The van der Waals surface area contributed by atoms with Crippen molar-refractivity contribution in [2.75, 3.05) is 20.2 Å². The lowest BCUT2D eigenvalue weighted by Crippen LogP contribution is -2.42. The van der Waals surface area contributed by atoms with Crippen molar-refractivity contribution in [3.63, 3.8) is 0 Å². The Kier molecular flexibility index (Phi) is 5.25. The topological polar surface area (TPSA) is 63.7 Å². The zero-order valence-electron chi connectivity index (χ0n) is 18.1. The molecule has 0 unspecified atom stereocenters. The number of benzene rings is 3. The summed E-state index contributed by atoms with van der Waals surface area (Å²) in [5.74, 6) is -0.747. The first kappa shape index (κ1) is 20.4. The van der Waals surface area contributed by atoms with Gasteiger partial charge in [-0.15, -0.1) is 0 Å². The second-order valence-electron chi connectivity index (χ2n) is 8.64. The third-order valence-electron chi connectivity index (χ3n) is 6.75. The highest BCUT2D eigenvalue weighted by Crippen LogP contribution is 2.34. The molecule has 3 aromatic carbocycles. The first-order chi connectivity index (χ1) is 15.6. The molecule has 1 fully saturated rings. The normalized spacial score (nSPS) is 17.4. The number of Topliss-reactive ketones (excluding diaryl/α,β-unsaturated/α-hetero) is 1. The second-order valence-corrected chi connectivity index (χ2v) is 8.64. The summed E-state index contributed by atoms with van der Waals surface area (Å²) in [6.45, 7) is 0.998. The molecule has 1 heterocycles. The van der Waals surface area contributed by atoms with Crippen LogP contribution in [0.3, 0.4) is 0 Å². The van der Waals surface area contributed by atoms with Crippen LogP contribution < -0.4 is 0 Å². The summed E-state index contributed by atoms with van der Waals surface area (Å²) in [6, 6.07) is 16.9. The number of likely N-dealkylation sites (tertiary alicyclic amines) is 1. The van der Waals surface area contributed by atoms with Gasteiger partial charge in [0.15, 0.2) is 5.78 Å². The van der Waals surface area contributed by atoms with E-state index in [-0.39, 0.29) is 17.6 Å². The van der Waals surface area contributed by atoms with Gasteiger partial charge < -0.3 is 9.64 Å². The molecule has 0 radical (unpaired) electrons. The first-order valence-corrected chi connectivity index (χ1v) is 11.1. The van der Waals surface area contributed by atoms with Crippen LogP contribution in [0, 0.1) is 5.92 Å². The molecule has 0 spiro atoms. The standard InChI is InChI=1S/C27H25NO4/c1-32-27(31)20-7-2-6-19(15-20)26(30)28-14-4-8-21(16-28)25(29)23-13-12-18-11-10-17-5-3-9-22(23)24(17)18/h2-3,5-7,9,12-13,15,21H,4,8,10-11,14,16H2,1H3/t21-/m1/s1. The van der Waals surface area contributed by atoms with Crippen molar-refractivity contribution in [2.45, 2.75) is 25.7 Å². The minimum absolute atomic E-state index is 0.112. The Labute approximate surface area is 187 Å². The molecule has 1 amide bonds. The molecule has 5 rings (SSSR count). The maximum absolute atomic E-state index is 13.5. The fourth-order valence-corrected chi connectivity index (χ4v) is 5.14. The van der Waals surface area contributed by atoms with E-state index in [9.17, 15) is 14.4 Å². The van der Waals surface area contributed by atoms with Crippen LogP contribution in [0.5, 0.6) is 0 Å². The third kappa shape index (κ3) is 3.48. The number of methoxy groups -OCH3 is 1. The number of hydrogen-bond donors (Lipinski definition) is 0. The van der Waals surface area contributed by atoms with Crippen molar-refractivity contribution in [3.8, 4) is 0 Å². The van der Waals surface area contributed by atoms with Crippen molar-refractivity contribution in [3.05, 3.63) is 82.4 Å². The quantitative estimate of drug-likeness (QED) is 0.456. The average Bonchev–Trinajstić information content (AvgIpc) is 3.28. The summed E-state index contributed by atoms with van der Waals surface area (Å²) in [7, 11) is 1.32. The van der Waals surface area contributed by atoms with Gasteiger partial charge in [0.2, 0.25) is 0 Å². The summed E-state index contributed by atoms with van der Waals surface area (Å²) >= 11 is 0. The van der Waals surface area contributed by atoms with Gasteiger partial charge in [-0.3, -0.25) is 9.59 Å². The number of carbonyl (C=O) groups excluding carboxylic acids is 3. The van der Waals surface area contributed by atoms with Crippen molar-refractivity contribution in [2.24, 2.45) is 5.92 Å². The number of nitrogens with zero attached hydrogens (tertiary/aromatic N) is 1. The summed E-state index contributed by atoms with van der Waals surface area (Å²) < 4.78 is 4.76. The molecule has 1 atom stereocenters. The van der Waals surface area contributed by atoms with Crippen LogP contribution in [0.2, 0.25) is 0 Å². The fraction of sp³-hybridized carbons (Fsp3) is 0.296. The number of ketones is 1. The molecular formula is C27H25NO4. The van der Waals surface area contributed by atoms with E-state index >= 15 is 0 Å². The van der Waals surface area contributed by atoms with Gasteiger partial charge in [-0.25, -0.2) is 4.79 Å². The van der Waals surface area contributed by atoms with E-state index < -0.39 is 5.97 Å². The van der Waals surface area contributed by atoms with Crippen molar-refractivity contribution >= 4 is 28.4 Å². The minimum Gasteiger partial charge on any atom is -0.465 e. The second kappa shape index (κ2) is 8.23. The highest BCUT2D eigenvalue weighted by atomic mass is 16.5. The molecule has 0 N–H and O–H groups in total. The Morgan fingerprint density at radius 2 is 1.69 bits per heavy atom.